The molecule has 0 aromatic carbocycles. The third-order valence-corrected chi connectivity index (χ3v) is 17.5. The van der Waals surface area contributed by atoms with Crippen molar-refractivity contribution in [3.63, 3.8) is 0 Å². The summed E-state index contributed by atoms with van der Waals surface area (Å²) in [6.45, 7) is 20.2. The van der Waals surface area contributed by atoms with Crippen LogP contribution in [0.4, 0.5) is 0 Å². The Hall–Kier alpha value is 0.0669. The molecule has 8 atom stereocenters. The minimum Gasteiger partial charge on any atom is -0.417 e. The molecule has 3 fully saturated rings. The molecule has 0 radical (unpaired) electrons. The highest BCUT2D eigenvalue weighted by molar-refractivity contribution is 7.56. The molecule has 4 rings (SSSR count). The van der Waals surface area contributed by atoms with Gasteiger partial charge in [-0.05, 0) is 116 Å². The van der Waals surface area contributed by atoms with E-state index in [2.05, 4.69) is 54.6 Å². The van der Waals surface area contributed by atoms with Crippen molar-refractivity contribution in [1.29, 1.82) is 0 Å². The van der Waals surface area contributed by atoms with E-state index in [1.807, 2.05) is 6.08 Å². The third kappa shape index (κ3) is 4.49. The molecule has 0 saturated heterocycles. The molecule has 34 heavy (non-hydrogen) atoms. The summed E-state index contributed by atoms with van der Waals surface area (Å²) in [4.78, 5) is 19.5. The van der Waals surface area contributed by atoms with E-state index in [4.69, 9.17) is 4.43 Å². The van der Waals surface area contributed by atoms with Crippen LogP contribution in [0.2, 0.25) is 18.1 Å². The van der Waals surface area contributed by atoms with Crippen molar-refractivity contribution in [2.45, 2.75) is 111 Å². The fourth-order valence-corrected chi connectivity index (χ4v) is 10.6. The SMILES string of the molecule is C[C@H](CO[Si](C)(C)C(C)(C)C)[C@H]1CC[C@H]2[C@@H]3CC[C@H]4C=C(P(=O)(O)O)CC[C@]4(C)[C@H]3CC[C@]12C. The van der Waals surface area contributed by atoms with Crippen LogP contribution in [0.1, 0.15) is 92.9 Å². The number of hydrogen-bond donors (Lipinski definition) is 2. The number of hydrogen-bond acceptors (Lipinski definition) is 2. The van der Waals surface area contributed by atoms with Crippen LogP contribution in [-0.2, 0) is 8.99 Å². The van der Waals surface area contributed by atoms with E-state index in [0.717, 1.165) is 37.2 Å². The molecule has 196 valence electrons. The van der Waals surface area contributed by atoms with Crippen molar-refractivity contribution in [2.75, 3.05) is 6.61 Å². The summed E-state index contributed by atoms with van der Waals surface area (Å²) in [7, 11) is -5.82. The minimum atomic E-state index is -4.10. The van der Waals surface area contributed by atoms with Crippen molar-refractivity contribution in [2.24, 2.45) is 46.3 Å². The van der Waals surface area contributed by atoms with Crippen molar-refractivity contribution in [3.05, 3.63) is 11.4 Å². The van der Waals surface area contributed by atoms with Gasteiger partial charge in [-0.3, -0.25) is 4.57 Å². The van der Waals surface area contributed by atoms with Gasteiger partial charge in [-0.2, -0.15) is 0 Å². The molecule has 0 unspecified atom stereocenters. The van der Waals surface area contributed by atoms with Gasteiger partial charge in [0, 0.05) is 11.9 Å². The molecular formula is C28H51O4PSi. The molecule has 0 aliphatic heterocycles. The molecule has 2 N–H and O–H groups in total. The zero-order valence-electron chi connectivity index (χ0n) is 23.1. The van der Waals surface area contributed by atoms with Crippen LogP contribution in [0.3, 0.4) is 0 Å². The Morgan fingerprint density at radius 2 is 1.71 bits per heavy atom. The summed E-state index contributed by atoms with van der Waals surface area (Å²) >= 11 is 0. The molecule has 0 spiro atoms. The quantitative estimate of drug-likeness (QED) is 0.291. The van der Waals surface area contributed by atoms with Crippen LogP contribution in [0.5, 0.6) is 0 Å². The Bertz CT molecular complexity index is 857. The van der Waals surface area contributed by atoms with E-state index in [1.54, 1.807) is 0 Å². The lowest BCUT2D eigenvalue weighted by Crippen LogP contribution is -2.53. The maximum absolute atomic E-state index is 11.9. The van der Waals surface area contributed by atoms with Gasteiger partial charge in [-0.15, -0.1) is 0 Å². The van der Waals surface area contributed by atoms with Gasteiger partial charge in [0.2, 0.25) is 0 Å². The lowest BCUT2D eigenvalue weighted by molar-refractivity contribution is -0.0970. The maximum Gasteiger partial charge on any atom is 0.351 e. The van der Waals surface area contributed by atoms with E-state index in [9.17, 15) is 14.4 Å². The average molecular weight is 511 g/mol. The molecule has 4 aliphatic carbocycles. The summed E-state index contributed by atoms with van der Waals surface area (Å²) < 4.78 is 18.6. The molecule has 4 aliphatic rings. The number of allylic oxidation sites excluding steroid dienone is 2. The van der Waals surface area contributed by atoms with E-state index in [1.165, 1.54) is 32.1 Å². The van der Waals surface area contributed by atoms with E-state index in [-0.39, 0.29) is 10.5 Å². The number of rotatable bonds is 5. The Kier molecular flexibility index (Phi) is 7.04. The molecule has 0 bridgehead atoms. The Labute approximate surface area is 210 Å². The van der Waals surface area contributed by atoms with Gasteiger partial charge in [-0.25, -0.2) is 0 Å². The van der Waals surface area contributed by atoms with Crippen LogP contribution >= 0.6 is 7.60 Å². The maximum atomic E-state index is 11.9. The van der Waals surface area contributed by atoms with Crippen LogP contribution in [-0.4, -0.2) is 24.7 Å². The highest BCUT2D eigenvalue weighted by Crippen LogP contribution is 2.69. The number of fused-ring (bicyclic) bond motifs is 5. The van der Waals surface area contributed by atoms with Crippen molar-refractivity contribution in [1.82, 2.24) is 0 Å². The van der Waals surface area contributed by atoms with Gasteiger partial charge < -0.3 is 14.2 Å². The summed E-state index contributed by atoms with van der Waals surface area (Å²) in [6.07, 6.45) is 11.2. The van der Waals surface area contributed by atoms with Gasteiger partial charge >= 0.3 is 7.60 Å². The molecule has 4 nitrogen and oxygen atoms in total. The van der Waals surface area contributed by atoms with Gasteiger partial charge in [0.15, 0.2) is 8.32 Å². The highest BCUT2D eigenvalue weighted by Gasteiger charge is 2.60. The van der Waals surface area contributed by atoms with Crippen LogP contribution in [0.25, 0.3) is 0 Å². The van der Waals surface area contributed by atoms with Crippen molar-refractivity contribution < 1.29 is 18.8 Å². The predicted molar refractivity (Wildman–Crippen MR) is 143 cm³/mol. The molecule has 0 heterocycles. The van der Waals surface area contributed by atoms with Gasteiger partial charge in [-0.1, -0.05) is 47.6 Å². The first-order chi connectivity index (χ1) is 15.5. The monoisotopic (exact) mass is 510 g/mol. The standard InChI is InChI=1S/C28H51O4PSi/c1-19(18-32-34(7,8)26(2,3)4)23-11-12-24-22-10-9-20-17-21(33(29,30)31)13-15-27(20,5)25(22)14-16-28(23,24)6/h17,19-20,22-25H,9-16,18H2,1-8H3,(H2,29,30,31)/t19-,20+,22+,23-,24+,25+,27+,28-/m1/s1. The second-order valence-corrected chi connectivity index (χ2v) is 21.0. The van der Waals surface area contributed by atoms with E-state index >= 15 is 0 Å². The molecule has 0 amide bonds. The zero-order chi connectivity index (χ0) is 25.3. The van der Waals surface area contributed by atoms with Gasteiger partial charge in [0.25, 0.3) is 0 Å². The van der Waals surface area contributed by atoms with Crippen molar-refractivity contribution in [3.8, 4) is 0 Å². The van der Waals surface area contributed by atoms with Crippen molar-refractivity contribution >= 4 is 15.9 Å². The summed E-state index contributed by atoms with van der Waals surface area (Å²) in [5, 5.41) is 0.667. The Morgan fingerprint density at radius 3 is 2.32 bits per heavy atom. The normalized spacial score (nSPS) is 41.8. The lowest BCUT2D eigenvalue weighted by Gasteiger charge is -2.60. The summed E-state index contributed by atoms with van der Waals surface area (Å²) in [5.41, 5.74) is 0.625. The molecule has 0 aromatic rings. The average Bonchev–Trinajstić information content (AvgIpc) is 3.07. The first-order valence-electron chi connectivity index (χ1n) is 13.9. The van der Waals surface area contributed by atoms with Gasteiger partial charge in [0.1, 0.15) is 0 Å². The van der Waals surface area contributed by atoms with Crippen LogP contribution < -0.4 is 0 Å². The molecule has 3 saturated carbocycles. The summed E-state index contributed by atoms with van der Waals surface area (Å²) in [6, 6.07) is 0. The highest BCUT2D eigenvalue weighted by atomic mass is 31.2. The Morgan fingerprint density at radius 1 is 1.06 bits per heavy atom. The lowest BCUT2D eigenvalue weighted by atomic mass is 9.45. The topological polar surface area (TPSA) is 66.8 Å². The molecular weight excluding hydrogens is 459 g/mol. The van der Waals surface area contributed by atoms with E-state index in [0.29, 0.717) is 34.9 Å². The first kappa shape index (κ1) is 27.1. The fourth-order valence-electron chi connectivity index (χ4n) is 8.73. The summed E-state index contributed by atoms with van der Waals surface area (Å²) in [5.74, 6) is 3.98. The second kappa shape index (κ2) is 8.83. The van der Waals surface area contributed by atoms with Crippen LogP contribution in [0, 0.1) is 46.3 Å². The largest absolute Gasteiger partial charge is 0.417 e. The molecule has 6 heteroatoms. The first-order valence-corrected chi connectivity index (χ1v) is 18.4. The minimum absolute atomic E-state index is 0.206. The van der Waals surface area contributed by atoms with Gasteiger partial charge in [0.05, 0.1) is 0 Å². The third-order valence-electron chi connectivity index (χ3n) is 11.9. The second-order valence-electron chi connectivity index (χ2n) is 14.5. The Balaban J connectivity index is 1.48. The predicted octanol–water partition coefficient (Wildman–Crippen LogP) is 7.97. The zero-order valence-corrected chi connectivity index (χ0v) is 25.0. The smallest absolute Gasteiger partial charge is 0.351 e. The van der Waals surface area contributed by atoms with Crippen LogP contribution in [0.15, 0.2) is 11.4 Å². The fraction of sp³-hybridized carbons (Fsp3) is 0.929. The van der Waals surface area contributed by atoms with E-state index < -0.39 is 15.9 Å². The molecule has 0 aromatic heterocycles.